The molecule has 2 aliphatic rings. The number of alkyl carbamates (subject to hydrolysis) is 1. The lowest BCUT2D eigenvalue weighted by Gasteiger charge is -2.15. The topological polar surface area (TPSA) is 134 Å². The number of fused-ring (bicyclic) bond motifs is 3. The fourth-order valence-electron chi connectivity index (χ4n) is 4.66. The standard InChI is InChI=1S/C25H27N3O6/c29-22(26-13-23(30)28-16-10-9-15(11-16)24(31)32)12-27-25(33)34-14-21-19-7-3-1-5-17(19)18-6-2-4-8-20(18)21/h1-8,15-16,21H,9-14H2,(H,26,29)(H,27,33)(H,28,30)(H,31,32)/t15-,16+/m1/s1. The summed E-state index contributed by atoms with van der Waals surface area (Å²) in [6, 6.07) is 15.8. The van der Waals surface area contributed by atoms with Gasteiger partial charge in [-0.15, -0.1) is 0 Å². The summed E-state index contributed by atoms with van der Waals surface area (Å²) in [5, 5.41) is 16.6. The van der Waals surface area contributed by atoms with Gasteiger partial charge in [0.05, 0.1) is 12.5 Å². The first-order valence-corrected chi connectivity index (χ1v) is 11.3. The van der Waals surface area contributed by atoms with Crippen LogP contribution in [0.5, 0.6) is 0 Å². The number of nitrogens with one attached hydrogen (secondary N) is 3. The van der Waals surface area contributed by atoms with E-state index in [4.69, 9.17) is 9.84 Å². The Morgan fingerprint density at radius 1 is 0.853 bits per heavy atom. The first kappa shape index (κ1) is 23.3. The molecule has 0 bridgehead atoms. The zero-order valence-electron chi connectivity index (χ0n) is 18.6. The molecule has 2 aromatic rings. The maximum atomic E-state index is 12.1. The molecule has 1 fully saturated rings. The van der Waals surface area contributed by atoms with Crippen LogP contribution in [0.25, 0.3) is 11.1 Å². The molecule has 9 heteroatoms. The minimum absolute atomic E-state index is 0.0769. The Morgan fingerprint density at radius 3 is 2.09 bits per heavy atom. The van der Waals surface area contributed by atoms with E-state index in [0.717, 1.165) is 22.3 Å². The molecule has 9 nitrogen and oxygen atoms in total. The molecule has 3 amide bonds. The lowest BCUT2D eigenvalue weighted by Crippen LogP contribution is -2.44. The van der Waals surface area contributed by atoms with Gasteiger partial charge in [0.1, 0.15) is 13.2 Å². The highest BCUT2D eigenvalue weighted by Gasteiger charge is 2.31. The highest BCUT2D eigenvalue weighted by Crippen LogP contribution is 2.44. The Morgan fingerprint density at radius 2 is 1.47 bits per heavy atom. The number of carboxylic acid groups (broad SMARTS) is 1. The molecule has 0 radical (unpaired) electrons. The number of hydrogen-bond acceptors (Lipinski definition) is 5. The molecular formula is C25H27N3O6. The molecule has 0 unspecified atom stereocenters. The minimum Gasteiger partial charge on any atom is -0.481 e. The van der Waals surface area contributed by atoms with E-state index in [1.807, 2.05) is 48.5 Å². The molecule has 2 atom stereocenters. The van der Waals surface area contributed by atoms with Crippen molar-refractivity contribution in [2.75, 3.05) is 19.7 Å². The van der Waals surface area contributed by atoms with E-state index in [9.17, 15) is 19.2 Å². The Hall–Kier alpha value is -3.88. The summed E-state index contributed by atoms with van der Waals surface area (Å²) in [5.74, 6) is -2.30. The Bertz CT molecular complexity index is 1060. The van der Waals surface area contributed by atoms with Crippen LogP contribution in [-0.2, 0) is 19.1 Å². The van der Waals surface area contributed by atoms with Gasteiger partial charge in [-0.1, -0.05) is 48.5 Å². The van der Waals surface area contributed by atoms with Crippen molar-refractivity contribution in [1.82, 2.24) is 16.0 Å². The third-order valence-electron chi connectivity index (χ3n) is 6.33. The SMILES string of the molecule is O=C(CNC(=O)OCC1c2ccccc2-c2ccccc21)NCC(=O)N[C@H]1CC[C@@H](C(=O)O)C1. The molecule has 0 saturated heterocycles. The van der Waals surface area contributed by atoms with Crippen LogP contribution in [0.15, 0.2) is 48.5 Å². The highest BCUT2D eigenvalue weighted by molar-refractivity contribution is 5.87. The monoisotopic (exact) mass is 465 g/mol. The molecule has 4 rings (SSSR count). The molecule has 34 heavy (non-hydrogen) atoms. The van der Waals surface area contributed by atoms with Gasteiger partial charge in [-0.25, -0.2) is 4.79 Å². The first-order chi connectivity index (χ1) is 16.4. The van der Waals surface area contributed by atoms with Crippen LogP contribution in [0, 0.1) is 5.92 Å². The molecule has 0 aliphatic heterocycles. The number of ether oxygens (including phenoxy) is 1. The first-order valence-electron chi connectivity index (χ1n) is 11.3. The predicted molar refractivity (Wildman–Crippen MR) is 123 cm³/mol. The number of benzene rings is 2. The van der Waals surface area contributed by atoms with Crippen molar-refractivity contribution >= 4 is 23.9 Å². The summed E-state index contributed by atoms with van der Waals surface area (Å²) in [4.78, 5) is 47.1. The molecule has 2 aliphatic carbocycles. The van der Waals surface area contributed by atoms with Gasteiger partial charge in [-0.05, 0) is 41.5 Å². The predicted octanol–water partition coefficient (Wildman–Crippen LogP) is 2.01. The van der Waals surface area contributed by atoms with Crippen LogP contribution >= 0.6 is 0 Å². The molecule has 4 N–H and O–H groups in total. The second kappa shape index (κ2) is 10.4. The van der Waals surface area contributed by atoms with Crippen molar-refractivity contribution in [1.29, 1.82) is 0 Å². The largest absolute Gasteiger partial charge is 0.481 e. The Labute approximate surface area is 196 Å². The number of amides is 3. The van der Waals surface area contributed by atoms with Crippen LogP contribution in [0.3, 0.4) is 0 Å². The number of rotatable bonds is 8. The lowest BCUT2D eigenvalue weighted by molar-refractivity contribution is -0.141. The summed E-state index contributed by atoms with van der Waals surface area (Å²) < 4.78 is 5.38. The van der Waals surface area contributed by atoms with Crippen LogP contribution < -0.4 is 16.0 Å². The molecule has 0 aromatic heterocycles. The summed E-state index contributed by atoms with van der Waals surface area (Å²) >= 11 is 0. The maximum Gasteiger partial charge on any atom is 0.407 e. The lowest BCUT2D eigenvalue weighted by atomic mass is 9.98. The molecule has 0 heterocycles. The summed E-state index contributed by atoms with van der Waals surface area (Å²) in [6.07, 6.45) is 0.793. The number of aliphatic carboxylic acids is 1. The number of carbonyl (C=O) groups excluding carboxylic acids is 3. The number of hydrogen-bond donors (Lipinski definition) is 4. The van der Waals surface area contributed by atoms with Crippen molar-refractivity contribution < 1.29 is 29.0 Å². The van der Waals surface area contributed by atoms with Crippen molar-refractivity contribution in [3.8, 4) is 11.1 Å². The van der Waals surface area contributed by atoms with E-state index in [0.29, 0.717) is 19.3 Å². The van der Waals surface area contributed by atoms with Crippen molar-refractivity contribution in [2.24, 2.45) is 5.92 Å². The third-order valence-corrected chi connectivity index (χ3v) is 6.33. The Balaban J connectivity index is 1.17. The van der Waals surface area contributed by atoms with Gasteiger partial charge in [0.25, 0.3) is 0 Å². The van der Waals surface area contributed by atoms with Gasteiger partial charge < -0.3 is 25.8 Å². The average Bonchev–Trinajstić information content (AvgIpc) is 3.43. The maximum absolute atomic E-state index is 12.1. The van der Waals surface area contributed by atoms with E-state index in [1.165, 1.54) is 0 Å². The number of carbonyl (C=O) groups is 4. The zero-order chi connectivity index (χ0) is 24.1. The molecule has 2 aromatic carbocycles. The second-order valence-electron chi connectivity index (χ2n) is 8.57. The van der Waals surface area contributed by atoms with Crippen LogP contribution in [0.4, 0.5) is 4.79 Å². The second-order valence-corrected chi connectivity index (χ2v) is 8.57. The van der Waals surface area contributed by atoms with E-state index >= 15 is 0 Å². The van der Waals surface area contributed by atoms with Crippen molar-refractivity contribution in [2.45, 2.75) is 31.2 Å². The zero-order valence-corrected chi connectivity index (χ0v) is 18.6. The number of carboxylic acids is 1. The summed E-state index contributed by atoms with van der Waals surface area (Å²) in [7, 11) is 0. The molecular weight excluding hydrogens is 438 g/mol. The Kier molecular flexibility index (Phi) is 7.10. The summed E-state index contributed by atoms with van der Waals surface area (Å²) in [6.45, 7) is -0.434. The average molecular weight is 466 g/mol. The molecule has 1 saturated carbocycles. The van der Waals surface area contributed by atoms with E-state index in [2.05, 4.69) is 16.0 Å². The van der Waals surface area contributed by atoms with E-state index in [1.54, 1.807) is 0 Å². The van der Waals surface area contributed by atoms with E-state index < -0.39 is 29.8 Å². The van der Waals surface area contributed by atoms with E-state index in [-0.39, 0.29) is 31.7 Å². The summed E-state index contributed by atoms with van der Waals surface area (Å²) in [5.41, 5.74) is 4.44. The fraction of sp³-hybridized carbons (Fsp3) is 0.360. The van der Waals surface area contributed by atoms with Crippen LogP contribution in [0.2, 0.25) is 0 Å². The molecule has 0 spiro atoms. The smallest absolute Gasteiger partial charge is 0.407 e. The third kappa shape index (κ3) is 5.36. The van der Waals surface area contributed by atoms with Crippen molar-refractivity contribution in [3.63, 3.8) is 0 Å². The van der Waals surface area contributed by atoms with Gasteiger partial charge in [0, 0.05) is 12.0 Å². The van der Waals surface area contributed by atoms with Crippen LogP contribution in [-0.4, -0.2) is 54.7 Å². The van der Waals surface area contributed by atoms with Crippen LogP contribution in [0.1, 0.15) is 36.3 Å². The van der Waals surface area contributed by atoms with Gasteiger partial charge in [0.2, 0.25) is 11.8 Å². The quantitative estimate of drug-likeness (QED) is 0.471. The van der Waals surface area contributed by atoms with Crippen molar-refractivity contribution in [3.05, 3.63) is 59.7 Å². The normalized spacial score (nSPS) is 18.5. The van der Waals surface area contributed by atoms with Gasteiger partial charge in [0.15, 0.2) is 0 Å². The fourth-order valence-corrected chi connectivity index (χ4v) is 4.66. The molecule has 178 valence electrons. The van der Waals surface area contributed by atoms with Gasteiger partial charge >= 0.3 is 12.1 Å². The minimum atomic E-state index is -0.857. The van der Waals surface area contributed by atoms with Gasteiger partial charge in [-0.2, -0.15) is 0 Å². The highest BCUT2D eigenvalue weighted by atomic mass is 16.5. The van der Waals surface area contributed by atoms with Gasteiger partial charge in [-0.3, -0.25) is 14.4 Å².